The molecule has 0 aromatic carbocycles. The summed E-state index contributed by atoms with van der Waals surface area (Å²) >= 11 is 0. The van der Waals surface area contributed by atoms with Crippen LogP contribution in [0.2, 0.25) is 0 Å². The second-order valence-electron chi connectivity index (χ2n) is 13.7. The third-order valence-electron chi connectivity index (χ3n) is 9.38. The molecule has 266 valence electrons. The van der Waals surface area contributed by atoms with E-state index in [0.717, 1.165) is 57.8 Å². The van der Waals surface area contributed by atoms with Crippen LogP contribution < -0.4 is 0 Å². The Balaban J connectivity index is 1.40. The molecule has 1 unspecified atom stereocenters. The van der Waals surface area contributed by atoms with Crippen molar-refractivity contribution in [3.05, 3.63) is 0 Å². The highest BCUT2D eigenvalue weighted by atomic mass is 16.7. The number of carbonyl (C=O) groups is 1. The number of aliphatic hydroxyl groups excluding tert-OH is 4. The number of unbranched alkanes of at least 4 members (excludes halogenated alkanes) is 17. The van der Waals surface area contributed by atoms with Crippen molar-refractivity contribution in [2.24, 2.45) is 5.92 Å². The lowest BCUT2D eigenvalue weighted by Gasteiger charge is -2.40. The highest BCUT2D eigenvalue weighted by Gasteiger charge is 2.44. The van der Waals surface area contributed by atoms with Gasteiger partial charge in [0.15, 0.2) is 6.29 Å². The van der Waals surface area contributed by atoms with Gasteiger partial charge in [0.25, 0.3) is 0 Å². The molecule has 2 aliphatic rings. The van der Waals surface area contributed by atoms with Gasteiger partial charge in [-0.1, -0.05) is 116 Å². The minimum Gasteiger partial charge on any atom is -0.462 e. The van der Waals surface area contributed by atoms with E-state index in [1.165, 1.54) is 77.0 Å². The number of rotatable bonds is 28. The summed E-state index contributed by atoms with van der Waals surface area (Å²) in [5.74, 6) is -0.285. The number of carbonyl (C=O) groups excluding carboxylic acids is 1. The van der Waals surface area contributed by atoms with Crippen molar-refractivity contribution in [2.45, 2.75) is 198 Å². The molecule has 2 aliphatic heterocycles. The van der Waals surface area contributed by atoms with Gasteiger partial charge < -0.3 is 39.4 Å². The molecule has 0 radical (unpaired) electrons. The zero-order valence-electron chi connectivity index (χ0n) is 28.6. The smallest absolute Gasteiger partial charge is 0.309 e. The SMILES string of the molecule is CCCCCCCCCCCOC[C@H]1O[C@H](OCCCCCCCCCCCC[C@@H](O)CC2C[C@H](C)OC2=O)[C@@H](O)[C@@H](O)[C@@H]1O. The van der Waals surface area contributed by atoms with Crippen molar-refractivity contribution in [3.63, 3.8) is 0 Å². The van der Waals surface area contributed by atoms with Gasteiger partial charge in [-0.15, -0.1) is 0 Å². The molecule has 2 saturated heterocycles. The maximum Gasteiger partial charge on any atom is 0.309 e. The van der Waals surface area contributed by atoms with Crippen LogP contribution in [0.5, 0.6) is 0 Å². The zero-order valence-corrected chi connectivity index (χ0v) is 28.6. The minimum atomic E-state index is -1.32. The molecule has 0 spiro atoms. The molecule has 2 rings (SSSR count). The molecule has 0 aliphatic carbocycles. The Morgan fingerprint density at radius 2 is 1.27 bits per heavy atom. The molecule has 45 heavy (non-hydrogen) atoms. The van der Waals surface area contributed by atoms with Gasteiger partial charge in [-0.05, 0) is 39.0 Å². The largest absolute Gasteiger partial charge is 0.462 e. The van der Waals surface area contributed by atoms with Crippen LogP contribution in [0.15, 0.2) is 0 Å². The summed E-state index contributed by atoms with van der Waals surface area (Å²) in [5, 5.41) is 41.2. The maximum absolute atomic E-state index is 11.7. The predicted molar refractivity (Wildman–Crippen MR) is 176 cm³/mol. The van der Waals surface area contributed by atoms with Gasteiger partial charge in [0, 0.05) is 13.2 Å². The van der Waals surface area contributed by atoms with Gasteiger partial charge in [0.1, 0.15) is 24.4 Å². The van der Waals surface area contributed by atoms with Crippen molar-refractivity contribution < 1.29 is 44.2 Å². The number of cyclic esters (lactones) is 1. The highest BCUT2D eigenvalue weighted by Crippen LogP contribution is 2.27. The van der Waals surface area contributed by atoms with Crippen LogP contribution in [0.25, 0.3) is 0 Å². The van der Waals surface area contributed by atoms with Crippen molar-refractivity contribution in [1.29, 1.82) is 0 Å². The van der Waals surface area contributed by atoms with Crippen LogP contribution >= 0.6 is 0 Å². The van der Waals surface area contributed by atoms with E-state index in [-0.39, 0.29) is 24.6 Å². The van der Waals surface area contributed by atoms with E-state index >= 15 is 0 Å². The minimum absolute atomic E-state index is 0.0169. The fourth-order valence-corrected chi connectivity index (χ4v) is 6.48. The molecule has 0 amide bonds. The molecule has 2 heterocycles. The number of ether oxygens (including phenoxy) is 4. The van der Waals surface area contributed by atoms with Crippen LogP contribution in [-0.2, 0) is 23.7 Å². The van der Waals surface area contributed by atoms with Crippen molar-refractivity contribution >= 4 is 5.97 Å². The molecule has 8 atom stereocenters. The summed E-state index contributed by atoms with van der Waals surface area (Å²) in [6.45, 7) is 5.34. The second kappa shape index (κ2) is 25.2. The molecule has 0 bridgehead atoms. The molecule has 0 saturated carbocycles. The monoisotopic (exact) mass is 644 g/mol. The normalized spacial score (nSPS) is 27.6. The van der Waals surface area contributed by atoms with Crippen LogP contribution in [0.1, 0.15) is 155 Å². The lowest BCUT2D eigenvalue weighted by molar-refractivity contribution is -0.302. The topological polar surface area (TPSA) is 135 Å². The van der Waals surface area contributed by atoms with Crippen LogP contribution in [0.3, 0.4) is 0 Å². The first-order valence-corrected chi connectivity index (χ1v) is 18.6. The van der Waals surface area contributed by atoms with Gasteiger partial charge >= 0.3 is 5.97 Å². The first-order valence-electron chi connectivity index (χ1n) is 18.6. The van der Waals surface area contributed by atoms with Crippen molar-refractivity contribution in [3.8, 4) is 0 Å². The Morgan fingerprint density at radius 1 is 0.733 bits per heavy atom. The number of esters is 1. The third-order valence-corrected chi connectivity index (χ3v) is 9.38. The van der Waals surface area contributed by atoms with E-state index in [9.17, 15) is 25.2 Å². The van der Waals surface area contributed by atoms with Gasteiger partial charge in [0.05, 0.1) is 24.7 Å². The van der Waals surface area contributed by atoms with E-state index in [2.05, 4.69) is 6.92 Å². The van der Waals surface area contributed by atoms with E-state index in [4.69, 9.17) is 18.9 Å². The van der Waals surface area contributed by atoms with E-state index in [1.807, 2.05) is 6.92 Å². The summed E-state index contributed by atoms with van der Waals surface area (Å²) in [7, 11) is 0. The fraction of sp³-hybridized carbons (Fsp3) is 0.972. The Hall–Kier alpha value is -0.810. The summed E-state index contributed by atoms with van der Waals surface area (Å²) < 4.78 is 22.4. The first kappa shape index (κ1) is 40.4. The van der Waals surface area contributed by atoms with Crippen LogP contribution in [0.4, 0.5) is 0 Å². The molecule has 9 nitrogen and oxygen atoms in total. The van der Waals surface area contributed by atoms with Gasteiger partial charge in [0.2, 0.25) is 0 Å². The lowest BCUT2D eigenvalue weighted by Crippen LogP contribution is -2.59. The lowest BCUT2D eigenvalue weighted by atomic mass is 9.95. The second-order valence-corrected chi connectivity index (χ2v) is 13.7. The maximum atomic E-state index is 11.7. The summed E-state index contributed by atoms with van der Waals surface area (Å²) in [4.78, 5) is 11.7. The molecule has 2 fully saturated rings. The summed E-state index contributed by atoms with van der Waals surface area (Å²) in [5.41, 5.74) is 0. The average Bonchev–Trinajstić information content (AvgIpc) is 3.34. The first-order chi connectivity index (χ1) is 21.8. The zero-order chi connectivity index (χ0) is 32.7. The Morgan fingerprint density at radius 3 is 1.82 bits per heavy atom. The quantitative estimate of drug-likeness (QED) is 0.0568. The predicted octanol–water partition coefficient (Wildman–Crippen LogP) is 6.35. The molecule has 4 N–H and O–H groups in total. The molecular formula is C36H68O9. The number of hydrogen-bond donors (Lipinski definition) is 4. The van der Waals surface area contributed by atoms with Gasteiger partial charge in [-0.25, -0.2) is 0 Å². The van der Waals surface area contributed by atoms with Gasteiger partial charge in [-0.3, -0.25) is 4.79 Å². The molecule has 0 aromatic rings. The van der Waals surface area contributed by atoms with E-state index in [1.54, 1.807) is 0 Å². The van der Waals surface area contributed by atoms with Crippen molar-refractivity contribution in [2.75, 3.05) is 19.8 Å². The van der Waals surface area contributed by atoms with E-state index in [0.29, 0.717) is 19.6 Å². The van der Waals surface area contributed by atoms with Crippen LogP contribution in [-0.4, -0.2) is 89.1 Å². The summed E-state index contributed by atoms with van der Waals surface area (Å²) in [6, 6.07) is 0. The number of aliphatic hydroxyl groups is 4. The van der Waals surface area contributed by atoms with Crippen LogP contribution in [0, 0.1) is 5.92 Å². The number of hydrogen-bond acceptors (Lipinski definition) is 9. The Labute approximate surface area is 273 Å². The van der Waals surface area contributed by atoms with Crippen molar-refractivity contribution in [1.82, 2.24) is 0 Å². The molecular weight excluding hydrogens is 576 g/mol. The molecule has 9 heteroatoms. The summed E-state index contributed by atoms with van der Waals surface area (Å²) in [6.07, 6.45) is 18.4. The Kier molecular flexibility index (Phi) is 22.6. The standard InChI is InChI=1S/C36H68O9/c1-3-4-5-6-7-11-14-17-20-23-42-27-31-32(38)33(39)34(40)36(45-31)43-24-21-18-15-12-9-8-10-13-16-19-22-30(37)26-29-25-28(2)44-35(29)41/h28-34,36-40H,3-27H2,1-2H3/t28-,29?,30+,31+,32+,33-,34-,36-/m0/s1. The third kappa shape index (κ3) is 17.8. The van der Waals surface area contributed by atoms with E-state index < -0.39 is 36.8 Å². The highest BCUT2D eigenvalue weighted by molar-refractivity contribution is 5.74. The average molecular weight is 645 g/mol. The Bertz CT molecular complexity index is 723. The molecule has 0 aromatic heterocycles. The van der Waals surface area contributed by atoms with Gasteiger partial charge in [-0.2, -0.15) is 0 Å². The fourth-order valence-electron chi connectivity index (χ4n) is 6.48.